The van der Waals surface area contributed by atoms with Crippen LogP contribution in [0.25, 0.3) is 0 Å². The van der Waals surface area contributed by atoms with E-state index in [9.17, 15) is 4.57 Å². The van der Waals surface area contributed by atoms with Crippen LogP contribution in [-0.4, -0.2) is 19.0 Å². The van der Waals surface area contributed by atoms with E-state index in [-0.39, 0.29) is 5.25 Å². The Bertz CT molecular complexity index is 209. The van der Waals surface area contributed by atoms with Crippen molar-refractivity contribution in [3.63, 3.8) is 0 Å². The van der Waals surface area contributed by atoms with Gasteiger partial charge in [-0.1, -0.05) is 5.92 Å². The summed E-state index contributed by atoms with van der Waals surface area (Å²) in [4.78, 5) is 0. The molecule has 0 bridgehead atoms. The largest absolute Gasteiger partial charge is 0.390 e. The Morgan fingerprint density at radius 1 is 2.00 bits per heavy atom. The van der Waals surface area contributed by atoms with E-state index in [1.807, 2.05) is 0 Å². The molecule has 1 aliphatic rings. The second-order valence-electron chi connectivity index (χ2n) is 1.69. The van der Waals surface area contributed by atoms with E-state index in [0.29, 0.717) is 6.61 Å². The lowest BCUT2D eigenvalue weighted by Crippen LogP contribution is -1.96. The molecule has 1 heterocycles. The van der Waals surface area contributed by atoms with E-state index in [1.165, 1.54) is 7.11 Å². The van der Waals surface area contributed by atoms with Gasteiger partial charge in [0.05, 0.1) is 6.61 Å². The van der Waals surface area contributed by atoms with Gasteiger partial charge in [0.15, 0.2) is 0 Å². The highest BCUT2D eigenvalue weighted by molar-refractivity contribution is 8.55. The third kappa shape index (κ3) is 1.56. The third-order valence-corrected chi connectivity index (χ3v) is 5.05. The van der Waals surface area contributed by atoms with Crippen LogP contribution >= 0.6 is 18.2 Å². The van der Waals surface area contributed by atoms with Crippen molar-refractivity contribution in [1.82, 2.24) is 0 Å². The Balaban J connectivity index is 2.60. The van der Waals surface area contributed by atoms with Crippen molar-refractivity contribution in [2.45, 2.75) is 5.25 Å². The summed E-state index contributed by atoms with van der Waals surface area (Å²) in [6.45, 7) is -2.52. The number of hydrogen-bond acceptors (Lipinski definition) is 4. The van der Waals surface area contributed by atoms with Crippen LogP contribution in [0.5, 0.6) is 0 Å². The second kappa shape index (κ2) is 2.98. The second-order valence-corrected chi connectivity index (χ2v) is 5.96. The van der Waals surface area contributed by atoms with Crippen molar-refractivity contribution in [3.8, 4) is 12.3 Å². The average molecular weight is 178 g/mol. The summed E-state index contributed by atoms with van der Waals surface area (Å²) >= 11 is 1.09. The Hall–Kier alpha value is 0.0600. The number of terminal acetylenes is 1. The van der Waals surface area contributed by atoms with Gasteiger partial charge in [-0.2, -0.15) is 0 Å². The fraction of sp³-hybridized carbons (Fsp3) is 0.600. The van der Waals surface area contributed by atoms with Crippen LogP contribution in [0.2, 0.25) is 0 Å². The lowest BCUT2D eigenvalue weighted by atomic mass is 10.5. The van der Waals surface area contributed by atoms with Gasteiger partial charge in [0.1, 0.15) is 5.25 Å². The highest BCUT2D eigenvalue weighted by atomic mass is 32.7. The molecule has 1 aliphatic heterocycles. The molecular formula is C5H7O3PS. The molecule has 0 aromatic carbocycles. The highest BCUT2D eigenvalue weighted by Gasteiger charge is 2.36. The third-order valence-electron chi connectivity index (χ3n) is 1.05. The fourth-order valence-electron chi connectivity index (χ4n) is 0.550. The molecule has 2 atom stereocenters. The molecule has 3 nitrogen and oxygen atoms in total. The summed E-state index contributed by atoms with van der Waals surface area (Å²) in [7, 11) is 1.35. The normalized spacial score (nSPS) is 39.4. The SMILES string of the molecule is C#CC1COP(=O)(OC)S1. The summed E-state index contributed by atoms with van der Waals surface area (Å²) < 4.78 is 20.7. The van der Waals surface area contributed by atoms with Gasteiger partial charge in [-0.25, -0.2) is 4.57 Å². The van der Waals surface area contributed by atoms with Crippen LogP contribution in [0.3, 0.4) is 0 Å². The van der Waals surface area contributed by atoms with Crippen LogP contribution in [0, 0.1) is 12.3 Å². The van der Waals surface area contributed by atoms with Gasteiger partial charge in [0.2, 0.25) is 0 Å². The molecule has 5 heteroatoms. The first-order chi connectivity index (χ1) is 4.70. The van der Waals surface area contributed by atoms with Crippen LogP contribution in [-0.2, 0) is 13.6 Å². The molecule has 0 radical (unpaired) electrons. The topological polar surface area (TPSA) is 35.5 Å². The van der Waals surface area contributed by atoms with E-state index in [4.69, 9.17) is 10.9 Å². The van der Waals surface area contributed by atoms with Crippen LogP contribution in [0.4, 0.5) is 0 Å². The zero-order valence-corrected chi connectivity index (χ0v) is 7.15. The first-order valence-corrected chi connectivity index (χ1v) is 5.68. The first-order valence-electron chi connectivity index (χ1n) is 2.65. The predicted octanol–water partition coefficient (Wildman–Crippen LogP) is 1.51. The van der Waals surface area contributed by atoms with Crippen LogP contribution in [0.15, 0.2) is 0 Å². The zero-order chi connectivity index (χ0) is 7.61. The average Bonchev–Trinajstić information content (AvgIpc) is 2.33. The number of hydrogen-bond donors (Lipinski definition) is 0. The van der Waals surface area contributed by atoms with Gasteiger partial charge < -0.3 is 4.52 Å². The van der Waals surface area contributed by atoms with Crippen molar-refractivity contribution in [2.75, 3.05) is 13.7 Å². The molecule has 0 aliphatic carbocycles. The summed E-state index contributed by atoms with van der Waals surface area (Å²) in [5, 5.41) is -0.120. The van der Waals surface area contributed by atoms with E-state index in [2.05, 4.69) is 10.4 Å². The molecule has 0 aromatic rings. The van der Waals surface area contributed by atoms with Gasteiger partial charge in [-0.05, 0) is 11.4 Å². The summed E-state index contributed by atoms with van der Waals surface area (Å²) in [5.74, 6) is 2.44. The molecule has 0 N–H and O–H groups in total. The molecule has 0 aromatic heterocycles. The molecule has 56 valence electrons. The molecule has 1 rings (SSSR count). The summed E-state index contributed by atoms with van der Waals surface area (Å²) in [5.41, 5.74) is 0. The van der Waals surface area contributed by atoms with E-state index >= 15 is 0 Å². The summed E-state index contributed by atoms with van der Waals surface area (Å²) in [6, 6.07) is 0. The minimum Gasteiger partial charge on any atom is -0.304 e. The number of rotatable bonds is 1. The molecule has 1 fully saturated rings. The monoisotopic (exact) mass is 178 g/mol. The Morgan fingerprint density at radius 2 is 2.70 bits per heavy atom. The van der Waals surface area contributed by atoms with Crippen molar-refractivity contribution < 1.29 is 13.6 Å². The van der Waals surface area contributed by atoms with E-state index in [0.717, 1.165) is 11.4 Å². The molecular weight excluding hydrogens is 171 g/mol. The minimum absolute atomic E-state index is 0.120. The maximum atomic E-state index is 11.2. The van der Waals surface area contributed by atoms with Gasteiger partial charge in [-0.15, -0.1) is 6.42 Å². The van der Waals surface area contributed by atoms with Crippen molar-refractivity contribution in [2.24, 2.45) is 0 Å². The Kier molecular flexibility index (Phi) is 2.43. The Labute approximate surface area is 63.8 Å². The van der Waals surface area contributed by atoms with Crippen molar-refractivity contribution >= 4 is 18.2 Å². The van der Waals surface area contributed by atoms with E-state index < -0.39 is 6.80 Å². The molecule has 1 saturated heterocycles. The predicted molar refractivity (Wildman–Crippen MR) is 40.8 cm³/mol. The van der Waals surface area contributed by atoms with E-state index in [1.54, 1.807) is 0 Å². The van der Waals surface area contributed by atoms with Crippen LogP contribution in [0.1, 0.15) is 0 Å². The maximum Gasteiger partial charge on any atom is 0.390 e. The molecule has 0 amide bonds. The highest BCUT2D eigenvalue weighted by Crippen LogP contribution is 2.66. The van der Waals surface area contributed by atoms with Gasteiger partial charge >= 0.3 is 6.80 Å². The van der Waals surface area contributed by atoms with Crippen molar-refractivity contribution in [3.05, 3.63) is 0 Å². The molecule has 10 heavy (non-hydrogen) atoms. The molecule has 2 unspecified atom stereocenters. The van der Waals surface area contributed by atoms with Gasteiger partial charge in [0.25, 0.3) is 0 Å². The zero-order valence-electron chi connectivity index (χ0n) is 5.44. The Morgan fingerprint density at radius 3 is 3.00 bits per heavy atom. The fourth-order valence-corrected chi connectivity index (χ4v) is 3.66. The lowest BCUT2D eigenvalue weighted by Gasteiger charge is -2.03. The maximum absolute atomic E-state index is 11.2. The quantitative estimate of drug-likeness (QED) is 0.450. The molecule has 0 spiro atoms. The lowest BCUT2D eigenvalue weighted by molar-refractivity contribution is 0.266. The molecule has 0 saturated carbocycles. The first kappa shape index (κ1) is 8.16. The van der Waals surface area contributed by atoms with Crippen LogP contribution < -0.4 is 0 Å². The summed E-state index contributed by atoms with van der Waals surface area (Å²) in [6.07, 6.45) is 5.08. The standard InChI is InChI=1S/C5H7O3PS/c1-3-5-4-8-9(6,7-2)10-5/h1,5H,4H2,2H3. The van der Waals surface area contributed by atoms with Gasteiger partial charge in [0, 0.05) is 7.11 Å². The smallest absolute Gasteiger partial charge is 0.304 e. The minimum atomic E-state index is -2.85. The van der Waals surface area contributed by atoms with Gasteiger partial charge in [-0.3, -0.25) is 4.52 Å². The van der Waals surface area contributed by atoms with Crippen molar-refractivity contribution in [1.29, 1.82) is 0 Å².